The monoisotopic (exact) mass is 545 g/mol. The number of methoxy groups -OCH3 is 1. The van der Waals surface area contributed by atoms with E-state index in [9.17, 15) is 18.0 Å². The number of anilines is 1. The number of carbonyl (C=O) groups excluding carboxylic acids is 2. The summed E-state index contributed by atoms with van der Waals surface area (Å²) in [6, 6.07) is 12.3. The molecule has 0 radical (unpaired) electrons. The second-order valence-electron chi connectivity index (χ2n) is 10.1. The summed E-state index contributed by atoms with van der Waals surface area (Å²) in [6.07, 6.45) is 2.06. The number of carbonyl (C=O) groups is 2. The first-order chi connectivity index (χ1) is 17.9. The average Bonchev–Trinajstić information content (AvgIpc) is 2.86. The van der Waals surface area contributed by atoms with Gasteiger partial charge in [0.1, 0.15) is 11.8 Å². The minimum Gasteiger partial charge on any atom is -0.497 e. The van der Waals surface area contributed by atoms with Gasteiger partial charge in [-0.2, -0.15) is 0 Å². The van der Waals surface area contributed by atoms with E-state index >= 15 is 0 Å². The Hall–Kier alpha value is -3.07. The van der Waals surface area contributed by atoms with E-state index in [-0.39, 0.29) is 37.2 Å². The molecule has 0 spiro atoms. The van der Waals surface area contributed by atoms with E-state index < -0.39 is 16.1 Å². The SMILES string of the molecule is CC[C@H](C(=O)NCC(C)C)N(Cc1cccc(OC)c1)C(=O)CCCN(c1cccc(C)c1C)S(C)(=O)=O. The molecule has 38 heavy (non-hydrogen) atoms. The molecule has 0 aliphatic rings. The van der Waals surface area contributed by atoms with Crippen LogP contribution in [0.15, 0.2) is 42.5 Å². The molecule has 0 unspecified atom stereocenters. The van der Waals surface area contributed by atoms with Crippen molar-refractivity contribution >= 4 is 27.5 Å². The molecule has 0 bridgehead atoms. The average molecular weight is 546 g/mol. The maximum absolute atomic E-state index is 13.6. The molecule has 0 aliphatic heterocycles. The molecule has 0 aromatic heterocycles. The summed E-state index contributed by atoms with van der Waals surface area (Å²) in [7, 11) is -1.97. The van der Waals surface area contributed by atoms with Gasteiger partial charge in [-0.1, -0.05) is 45.0 Å². The number of amides is 2. The maximum Gasteiger partial charge on any atom is 0.242 e. The van der Waals surface area contributed by atoms with E-state index in [0.717, 1.165) is 16.7 Å². The van der Waals surface area contributed by atoms with Gasteiger partial charge in [0.15, 0.2) is 0 Å². The minimum atomic E-state index is -3.55. The summed E-state index contributed by atoms with van der Waals surface area (Å²) in [6.45, 7) is 10.7. The molecule has 2 amide bonds. The fourth-order valence-corrected chi connectivity index (χ4v) is 5.31. The topological polar surface area (TPSA) is 96.0 Å². The third-order valence-electron chi connectivity index (χ3n) is 6.55. The van der Waals surface area contributed by atoms with Gasteiger partial charge in [0.05, 0.1) is 19.1 Å². The van der Waals surface area contributed by atoms with Gasteiger partial charge < -0.3 is 15.0 Å². The van der Waals surface area contributed by atoms with Gasteiger partial charge >= 0.3 is 0 Å². The first-order valence-corrected chi connectivity index (χ1v) is 15.0. The van der Waals surface area contributed by atoms with Crippen molar-refractivity contribution in [2.45, 2.75) is 66.5 Å². The molecule has 2 aromatic rings. The van der Waals surface area contributed by atoms with Gasteiger partial charge in [-0.3, -0.25) is 13.9 Å². The Morgan fingerprint density at radius 3 is 2.37 bits per heavy atom. The highest BCUT2D eigenvalue weighted by Crippen LogP contribution is 2.26. The Kier molecular flexibility index (Phi) is 11.6. The van der Waals surface area contributed by atoms with Crippen LogP contribution in [0.2, 0.25) is 0 Å². The lowest BCUT2D eigenvalue weighted by Gasteiger charge is -2.31. The Labute approximate surface area is 228 Å². The molecule has 2 rings (SSSR count). The van der Waals surface area contributed by atoms with Gasteiger partial charge in [0.25, 0.3) is 0 Å². The fraction of sp³-hybridized carbons (Fsp3) is 0.517. The van der Waals surface area contributed by atoms with E-state index in [1.165, 1.54) is 10.6 Å². The largest absolute Gasteiger partial charge is 0.497 e. The van der Waals surface area contributed by atoms with Crippen molar-refractivity contribution in [1.82, 2.24) is 10.2 Å². The number of hydrogen-bond donors (Lipinski definition) is 1. The summed E-state index contributed by atoms with van der Waals surface area (Å²) in [4.78, 5) is 28.3. The number of benzene rings is 2. The lowest BCUT2D eigenvalue weighted by molar-refractivity contribution is -0.141. The second-order valence-corrected chi connectivity index (χ2v) is 12.0. The Morgan fingerprint density at radius 1 is 1.08 bits per heavy atom. The van der Waals surface area contributed by atoms with Crippen LogP contribution in [0.3, 0.4) is 0 Å². The maximum atomic E-state index is 13.6. The molecule has 1 atom stereocenters. The number of nitrogens with one attached hydrogen (secondary N) is 1. The van der Waals surface area contributed by atoms with Crippen molar-refractivity contribution in [1.29, 1.82) is 0 Å². The number of hydrogen-bond acceptors (Lipinski definition) is 5. The van der Waals surface area contributed by atoms with Crippen LogP contribution >= 0.6 is 0 Å². The van der Waals surface area contributed by atoms with Crippen LogP contribution in [-0.4, -0.2) is 57.6 Å². The summed E-state index contributed by atoms with van der Waals surface area (Å²) in [5.41, 5.74) is 3.35. The lowest BCUT2D eigenvalue weighted by atomic mass is 10.1. The summed E-state index contributed by atoms with van der Waals surface area (Å²) >= 11 is 0. The number of ether oxygens (including phenoxy) is 1. The van der Waals surface area contributed by atoms with Crippen LogP contribution in [0.25, 0.3) is 0 Å². The smallest absolute Gasteiger partial charge is 0.242 e. The summed E-state index contributed by atoms with van der Waals surface area (Å²) < 4.78 is 32.0. The van der Waals surface area contributed by atoms with Crippen molar-refractivity contribution in [3.63, 3.8) is 0 Å². The molecular formula is C29H43N3O5S. The van der Waals surface area contributed by atoms with E-state index in [1.807, 2.05) is 71.0 Å². The third-order valence-corrected chi connectivity index (χ3v) is 7.73. The van der Waals surface area contributed by atoms with Gasteiger partial charge in [0, 0.05) is 26.1 Å². The lowest BCUT2D eigenvalue weighted by Crippen LogP contribution is -2.49. The third kappa shape index (κ3) is 8.75. The molecule has 2 aromatic carbocycles. The van der Waals surface area contributed by atoms with Crippen LogP contribution in [0, 0.1) is 19.8 Å². The second kappa shape index (κ2) is 14.2. The van der Waals surface area contributed by atoms with Crippen LogP contribution < -0.4 is 14.4 Å². The Bertz CT molecular complexity index is 1200. The molecule has 1 N–H and O–H groups in total. The first-order valence-electron chi connectivity index (χ1n) is 13.1. The fourth-order valence-electron chi connectivity index (χ4n) is 4.30. The van der Waals surface area contributed by atoms with Crippen molar-refractivity contribution in [2.24, 2.45) is 5.92 Å². The van der Waals surface area contributed by atoms with Crippen molar-refractivity contribution in [3.8, 4) is 5.75 Å². The summed E-state index contributed by atoms with van der Waals surface area (Å²) in [5.74, 6) is 0.565. The minimum absolute atomic E-state index is 0.106. The van der Waals surface area contributed by atoms with E-state index in [4.69, 9.17) is 4.74 Å². The Balaban J connectivity index is 2.26. The molecule has 0 saturated carbocycles. The summed E-state index contributed by atoms with van der Waals surface area (Å²) in [5, 5.41) is 2.96. The van der Waals surface area contributed by atoms with Crippen LogP contribution in [-0.2, 0) is 26.2 Å². The van der Waals surface area contributed by atoms with E-state index in [2.05, 4.69) is 5.32 Å². The van der Waals surface area contributed by atoms with Crippen LogP contribution in [0.1, 0.15) is 56.7 Å². The number of rotatable bonds is 14. The highest BCUT2D eigenvalue weighted by Gasteiger charge is 2.29. The van der Waals surface area contributed by atoms with Gasteiger partial charge in [0.2, 0.25) is 21.8 Å². The van der Waals surface area contributed by atoms with Crippen molar-refractivity contribution in [2.75, 3.05) is 30.8 Å². The number of aryl methyl sites for hydroxylation is 1. The zero-order valence-electron chi connectivity index (χ0n) is 23.8. The number of nitrogens with zero attached hydrogens (tertiary/aromatic N) is 2. The molecule has 0 saturated heterocycles. The van der Waals surface area contributed by atoms with Gasteiger partial charge in [-0.25, -0.2) is 8.42 Å². The molecule has 0 heterocycles. The zero-order valence-corrected chi connectivity index (χ0v) is 24.6. The number of sulfonamides is 1. The van der Waals surface area contributed by atoms with E-state index in [0.29, 0.717) is 30.8 Å². The van der Waals surface area contributed by atoms with Crippen LogP contribution in [0.4, 0.5) is 5.69 Å². The molecule has 9 heteroatoms. The van der Waals surface area contributed by atoms with Crippen molar-refractivity contribution < 1.29 is 22.7 Å². The molecule has 210 valence electrons. The van der Waals surface area contributed by atoms with E-state index in [1.54, 1.807) is 18.1 Å². The highest BCUT2D eigenvalue weighted by molar-refractivity contribution is 7.92. The van der Waals surface area contributed by atoms with Crippen molar-refractivity contribution in [3.05, 3.63) is 59.2 Å². The first kappa shape index (κ1) is 31.1. The molecule has 0 aliphatic carbocycles. The van der Waals surface area contributed by atoms with Crippen LogP contribution in [0.5, 0.6) is 5.75 Å². The van der Waals surface area contributed by atoms with Gasteiger partial charge in [-0.15, -0.1) is 0 Å². The quantitative estimate of drug-likeness (QED) is 0.379. The van der Waals surface area contributed by atoms with Gasteiger partial charge in [-0.05, 0) is 67.5 Å². The zero-order chi connectivity index (χ0) is 28.5. The normalized spacial score (nSPS) is 12.2. The predicted octanol–water partition coefficient (Wildman–Crippen LogP) is 4.44. The highest BCUT2D eigenvalue weighted by atomic mass is 32.2. The predicted molar refractivity (Wildman–Crippen MR) is 153 cm³/mol. The molecule has 0 fully saturated rings. The molecular weight excluding hydrogens is 502 g/mol. The molecule has 8 nitrogen and oxygen atoms in total. The Morgan fingerprint density at radius 2 is 1.76 bits per heavy atom. The standard InChI is InChI=1S/C29H43N3O5S/c1-8-26(29(34)30-19-21(2)3)31(20-24-13-10-14-25(18-24)37-6)28(33)16-11-17-32(38(7,35)36)27-15-9-12-22(4)23(27)5/h9-10,12-15,18,21,26H,8,11,16-17,19-20H2,1-7H3,(H,30,34)/t26-/m1/s1.